The molecule has 2 heterocycles. The maximum Gasteiger partial charge on any atom is 0.317 e. The summed E-state index contributed by atoms with van der Waals surface area (Å²) in [6.45, 7) is 4.35. The van der Waals surface area contributed by atoms with E-state index in [9.17, 15) is 18.0 Å². The Morgan fingerprint density at radius 1 is 1.19 bits per heavy atom. The van der Waals surface area contributed by atoms with Crippen LogP contribution in [-0.2, 0) is 0 Å². The molecule has 4 rings (SSSR count). The van der Waals surface area contributed by atoms with Crippen LogP contribution < -0.4 is 15.5 Å². The van der Waals surface area contributed by atoms with E-state index in [0.717, 1.165) is 0 Å². The van der Waals surface area contributed by atoms with Crippen LogP contribution in [0.1, 0.15) is 25.8 Å². The highest BCUT2D eigenvalue weighted by molar-refractivity contribution is 6.08. The molecule has 1 atom stereocenters. The largest absolute Gasteiger partial charge is 0.365 e. The van der Waals surface area contributed by atoms with E-state index < -0.39 is 18.8 Å². The van der Waals surface area contributed by atoms with Gasteiger partial charge in [0.1, 0.15) is 11.7 Å². The first kappa shape index (κ1) is 22.0. The van der Waals surface area contributed by atoms with Crippen molar-refractivity contribution < 1.29 is 18.0 Å². The van der Waals surface area contributed by atoms with Crippen LogP contribution in [0.2, 0.25) is 0 Å². The molecule has 9 heteroatoms. The Bertz CT molecular complexity index is 1030. The first-order valence-electron chi connectivity index (χ1n) is 10.7. The van der Waals surface area contributed by atoms with Gasteiger partial charge in [0.2, 0.25) is 0 Å². The predicted molar refractivity (Wildman–Crippen MR) is 119 cm³/mol. The Kier molecular flexibility index (Phi) is 6.25. The van der Waals surface area contributed by atoms with E-state index in [2.05, 4.69) is 15.6 Å². The number of likely N-dealkylation sites (tertiary alicyclic amines) is 1. The fourth-order valence-corrected chi connectivity index (χ4v) is 4.07. The SMILES string of the molecule is CC(C)NC(=O)N1CC[C@H](NC2=Nc3cc(F)ccc3N(CC(F)F)c3ccccc32)C1. The Balaban J connectivity index is 1.66. The number of rotatable bonds is 4. The van der Waals surface area contributed by atoms with Crippen LogP contribution in [0.5, 0.6) is 0 Å². The molecule has 2 aromatic rings. The van der Waals surface area contributed by atoms with Gasteiger partial charge in [-0.15, -0.1) is 0 Å². The zero-order valence-electron chi connectivity index (χ0n) is 18.0. The number of nitrogens with zero attached hydrogens (tertiary/aromatic N) is 3. The van der Waals surface area contributed by atoms with Crippen LogP contribution in [-0.4, -0.2) is 54.9 Å². The summed E-state index contributed by atoms with van der Waals surface area (Å²) in [5.74, 6) is -0.0208. The monoisotopic (exact) mass is 445 g/mol. The molecule has 170 valence electrons. The average molecular weight is 445 g/mol. The molecular weight excluding hydrogens is 419 g/mol. The maximum atomic E-state index is 14.0. The van der Waals surface area contributed by atoms with Crippen molar-refractivity contribution in [2.24, 2.45) is 4.99 Å². The van der Waals surface area contributed by atoms with Crippen molar-refractivity contribution in [3.05, 3.63) is 53.8 Å². The van der Waals surface area contributed by atoms with Gasteiger partial charge in [-0.05, 0) is 44.5 Å². The van der Waals surface area contributed by atoms with Gasteiger partial charge >= 0.3 is 6.03 Å². The van der Waals surface area contributed by atoms with E-state index >= 15 is 0 Å². The lowest BCUT2D eigenvalue weighted by Crippen LogP contribution is -2.44. The van der Waals surface area contributed by atoms with Crippen molar-refractivity contribution in [1.29, 1.82) is 0 Å². The number of benzene rings is 2. The fourth-order valence-electron chi connectivity index (χ4n) is 4.07. The summed E-state index contributed by atoms with van der Waals surface area (Å²) >= 11 is 0. The number of halogens is 3. The zero-order valence-corrected chi connectivity index (χ0v) is 18.0. The number of nitrogens with one attached hydrogen (secondary N) is 2. The van der Waals surface area contributed by atoms with Crippen LogP contribution in [0.15, 0.2) is 47.5 Å². The van der Waals surface area contributed by atoms with Crippen LogP contribution in [0.4, 0.5) is 35.0 Å². The van der Waals surface area contributed by atoms with Gasteiger partial charge in [-0.2, -0.15) is 0 Å². The molecule has 2 amide bonds. The number of carbonyl (C=O) groups is 1. The molecule has 1 saturated heterocycles. The van der Waals surface area contributed by atoms with Crippen molar-refractivity contribution in [2.75, 3.05) is 24.5 Å². The minimum absolute atomic E-state index is 0.0415. The average Bonchev–Trinajstić information content (AvgIpc) is 3.16. The van der Waals surface area contributed by atoms with E-state index in [1.807, 2.05) is 19.9 Å². The number of urea groups is 1. The normalized spacial score (nSPS) is 17.7. The molecule has 0 radical (unpaired) electrons. The second-order valence-corrected chi connectivity index (χ2v) is 8.29. The summed E-state index contributed by atoms with van der Waals surface area (Å²) in [6.07, 6.45) is -1.87. The Hall–Kier alpha value is -3.23. The number of carbonyl (C=O) groups excluding carboxylic acids is 1. The molecule has 0 aromatic heterocycles. The number of amides is 2. The van der Waals surface area contributed by atoms with Gasteiger partial charge in [-0.1, -0.05) is 12.1 Å². The molecule has 6 nitrogen and oxygen atoms in total. The summed E-state index contributed by atoms with van der Waals surface area (Å²) in [6, 6.07) is 11.0. The highest BCUT2D eigenvalue weighted by atomic mass is 19.3. The lowest BCUT2D eigenvalue weighted by atomic mass is 10.1. The molecular formula is C23H26F3N5O. The Morgan fingerprint density at radius 3 is 2.72 bits per heavy atom. The molecule has 0 spiro atoms. The lowest BCUT2D eigenvalue weighted by Gasteiger charge is -2.26. The summed E-state index contributed by atoms with van der Waals surface area (Å²) in [5.41, 5.74) is 1.91. The third kappa shape index (κ3) is 4.66. The third-order valence-corrected chi connectivity index (χ3v) is 5.46. The second-order valence-electron chi connectivity index (χ2n) is 8.29. The van der Waals surface area contributed by atoms with Crippen LogP contribution >= 0.6 is 0 Å². The van der Waals surface area contributed by atoms with Gasteiger partial charge in [0, 0.05) is 36.8 Å². The third-order valence-electron chi connectivity index (χ3n) is 5.46. The summed E-state index contributed by atoms with van der Waals surface area (Å²) < 4.78 is 40.9. The zero-order chi connectivity index (χ0) is 22.8. The number of alkyl halides is 2. The molecule has 2 N–H and O–H groups in total. The van der Waals surface area contributed by atoms with Gasteiger partial charge in [0.25, 0.3) is 6.43 Å². The minimum Gasteiger partial charge on any atom is -0.365 e. The number of hydrogen-bond donors (Lipinski definition) is 2. The van der Waals surface area contributed by atoms with E-state index in [-0.39, 0.29) is 23.8 Å². The molecule has 2 aromatic carbocycles. The Labute approximate surface area is 185 Å². The van der Waals surface area contributed by atoms with Gasteiger partial charge in [-0.3, -0.25) is 0 Å². The molecule has 0 aliphatic carbocycles. The fraction of sp³-hybridized carbons (Fsp3) is 0.391. The standard InChI is InChI=1S/C23H26F3N5O/c1-14(2)27-23(32)30-10-9-16(12-30)28-22-17-5-3-4-6-19(17)31(13-21(25)26)20-8-7-15(24)11-18(20)29-22/h3-8,11,14,16,21H,9-10,12-13H2,1-2H3,(H,27,32)(H,28,29)/t16-/m0/s1. The highest BCUT2D eigenvalue weighted by Crippen LogP contribution is 2.40. The molecule has 32 heavy (non-hydrogen) atoms. The molecule has 1 fully saturated rings. The molecule has 0 saturated carbocycles. The van der Waals surface area contributed by atoms with E-state index in [1.54, 1.807) is 23.1 Å². The lowest BCUT2D eigenvalue weighted by molar-refractivity contribution is 0.158. The predicted octanol–water partition coefficient (Wildman–Crippen LogP) is 4.40. The van der Waals surface area contributed by atoms with Gasteiger partial charge in [0.05, 0.1) is 23.6 Å². The van der Waals surface area contributed by atoms with Crippen molar-refractivity contribution in [3.63, 3.8) is 0 Å². The van der Waals surface area contributed by atoms with Gasteiger partial charge in [-0.25, -0.2) is 23.0 Å². The molecule has 0 unspecified atom stereocenters. The first-order chi connectivity index (χ1) is 15.3. The number of hydrogen-bond acceptors (Lipinski definition) is 4. The maximum absolute atomic E-state index is 14.0. The minimum atomic E-state index is -2.58. The van der Waals surface area contributed by atoms with Gasteiger partial charge < -0.3 is 20.4 Å². The van der Waals surface area contributed by atoms with E-state index in [1.165, 1.54) is 23.1 Å². The highest BCUT2D eigenvalue weighted by Gasteiger charge is 2.30. The number of amidine groups is 1. The molecule has 2 aliphatic rings. The molecule has 0 bridgehead atoms. The second kappa shape index (κ2) is 9.10. The number of para-hydroxylation sites is 1. The van der Waals surface area contributed by atoms with Crippen molar-refractivity contribution in [2.45, 2.75) is 38.8 Å². The number of aliphatic imine (C=N–C) groups is 1. The van der Waals surface area contributed by atoms with Crippen LogP contribution in [0.3, 0.4) is 0 Å². The number of anilines is 2. The number of fused-ring (bicyclic) bond motifs is 2. The van der Waals surface area contributed by atoms with Crippen molar-refractivity contribution in [3.8, 4) is 0 Å². The Morgan fingerprint density at radius 2 is 1.97 bits per heavy atom. The van der Waals surface area contributed by atoms with Crippen LogP contribution in [0, 0.1) is 5.82 Å². The van der Waals surface area contributed by atoms with Gasteiger partial charge in [0.15, 0.2) is 0 Å². The van der Waals surface area contributed by atoms with Crippen LogP contribution in [0.25, 0.3) is 0 Å². The first-order valence-corrected chi connectivity index (χ1v) is 10.7. The molecule has 2 aliphatic heterocycles. The topological polar surface area (TPSA) is 60.0 Å². The summed E-state index contributed by atoms with van der Waals surface area (Å²) in [4.78, 5) is 20.2. The van der Waals surface area contributed by atoms with E-state index in [0.29, 0.717) is 42.3 Å². The summed E-state index contributed by atoms with van der Waals surface area (Å²) in [5, 5.41) is 6.27. The summed E-state index contributed by atoms with van der Waals surface area (Å²) in [7, 11) is 0. The van der Waals surface area contributed by atoms with Crippen molar-refractivity contribution >= 4 is 28.9 Å². The van der Waals surface area contributed by atoms with Crippen molar-refractivity contribution in [1.82, 2.24) is 15.5 Å². The quantitative estimate of drug-likeness (QED) is 0.733. The smallest absolute Gasteiger partial charge is 0.317 e. The van der Waals surface area contributed by atoms with E-state index in [4.69, 9.17) is 0 Å².